The molecule has 1 amide bonds. The first-order valence-corrected chi connectivity index (χ1v) is 10.8. The van der Waals surface area contributed by atoms with Gasteiger partial charge in [0.15, 0.2) is 11.5 Å². The molecule has 0 unspecified atom stereocenters. The monoisotopic (exact) mass is 474 g/mol. The molecule has 4 N–H and O–H groups in total. The maximum atomic E-state index is 13.1. The van der Waals surface area contributed by atoms with E-state index in [9.17, 15) is 9.18 Å². The Morgan fingerprint density at radius 1 is 1.00 bits per heavy atom. The van der Waals surface area contributed by atoms with Gasteiger partial charge in [-0.2, -0.15) is 15.0 Å². The van der Waals surface area contributed by atoms with Crippen LogP contribution in [0.25, 0.3) is 0 Å². The topological polar surface area (TPSA) is 134 Å². The van der Waals surface area contributed by atoms with Crippen LogP contribution in [0.1, 0.15) is 5.82 Å². The second-order valence-corrected chi connectivity index (χ2v) is 7.51. The van der Waals surface area contributed by atoms with E-state index in [1.807, 2.05) is 0 Å². The van der Waals surface area contributed by atoms with E-state index in [4.69, 9.17) is 19.9 Å². The third kappa shape index (κ3) is 6.59. The quantitative estimate of drug-likeness (QED) is 0.402. The van der Waals surface area contributed by atoms with Crippen LogP contribution >= 0.6 is 11.8 Å². The number of nitrogens with two attached hydrogens (primary N) is 1. The lowest BCUT2D eigenvalue weighted by atomic mass is 10.2. The van der Waals surface area contributed by atoms with Gasteiger partial charge in [0.05, 0.1) is 32.8 Å². The van der Waals surface area contributed by atoms with Crippen molar-refractivity contribution >= 4 is 40.9 Å². The number of thioether (sulfide) groups is 1. The number of anilines is 4. The molecule has 0 radical (unpaired) electrons. The van der Waals surface area contributed by atoms with Crippen molar-refractivity contribution in [3.8, 4) is 17.2 Å². The summed E-state index contributed by atoms with van der Waals surface area (Å²) >= 11 is 1.30. The zero-order valence-corrected chi connectivity index (χ0v) is 19.0. The van der Waals surface area contributed by atoms with E-state index in [-0.39, 0.29) is 29.4 Å². The number of hydrogen-bond acceptors (Lipinski definition) is 10. The molecule has 0 atom stereocenters. The number of ether oxygens (including phenoxy) is 3. The molecule has 0 aliphatic rings. The fourth-order valence-corrected chi connectivity index (χ4v) is 3.48. The first-order valence-electron chi connectivity index (χ1n) is 9.62. The molecule has 33 heavy (non-hydrogen) atoms. The number of amides is 1. The molecule has 0 aliphatic heterocycles. The molecule has 3 rings (SSSR count). The van der Waals surface area contributed by atoms with Crippen LogP contribution in [0.5, 0.6) is 17.2 Å². The summed E-state index contributed by atoms with van der Waals surface area (Å²) in [6, 6.07) is 9.02. The third-order valence-electron chi connectivity index (χ3n) is 4.21. The number of nitrogens with zero attached hydrogens (tertiary/aromatic N) is 3. The highest BCUT2D eigenvalue weighted by atomic mass is 32.2. The summed E-state index contributed by atoms with van der Waals surface area (Å²) in [5, 5.41) is 5.74. The standard InChI is InChI=1S/C21H23FN6O4S/c1-30-15-8-14(9-16(31-2)19(15)32-3)24-18(29)11-33-10-17-26-20(23)28-21(27-17)25-13-6-4-12(22)5-7-13/h4-9H,10-11H2,1-3H3,(H,24,29)(H3,23,25,26,27,28). The van der Waals surface area contributed by atoms with Crippen molar-refractivity contribution in [2.45, 2.75) is 5.75 Å². The number of rotatable bonds is 10. The fraction of sp³-hybridized carbons (Fsp3) is 0.238. The van der Waals surface area contributed by atoms with Crippen molar-refractivity contribution in [3.63, 3.8) is 0 Å². The number of carbonyl (C=O) groups excluding carboxylic acids is 1. The molecule has 10 nitrogen and oxygen atoms in total. The van der Waals surface area contributed by atoms with Crippen LogP contribution in [-0.4, -0.2) is 47.9 Å². The Balaban J connectivity index is 1.58. The van der Waals surface area contributed by atoms with Crippen LogP contribution in [0.4, 0.5) is 27.7 Å². The zero-order valence-electron chi connectivity index (χ0n) is 18.2. The Morgan fingerprint density at radius 3 is 2.27 bits per heavy atom. The van der Waals surface area contributed by atoms with E-state index < -0.39 is 0 Å². The summed E-state index contributed by atoms with van der Waals surface area (Å²) in [6.07, 6.45) is 0. The lowest BCUT2D eigenvalue weighted by Crippen LogP contribution is -2.15. The Bertz CT molecular complexity index is 1090. The highest BCUT2D eigenvalue weighted by Gasteiger charge is 2.15. The van der Waals surface area contributed by atoms with Gasteiger partial charge in [0, 0.05) is 23.5 Å². The van der Waals surface area contributed by atoms with E-state index in [1.54, 1.807) is 24.3 Å². The van der Waals surface area contributed by atoms with Gasteiger partial charge in [0.25, 0.3) is 0 Å². The summed E-state index contributed by atoms with van der Waals surface area (Å²) in [4.78, 5) is 24.8. The predicted octanol–water partition coefficient (Wildman–Crippen LogP) is 3.23. The van der Waals surface area contributed by atoms with Crippen molar-refractivity contribution < 1.29 is 23.4 Å². The number of benzene rings is 2. The van der Waals surface area contributed by atoms with Gasteiger partial charge in [-0.15, -0.1) is 11.8 Å². The summed E-state index contributed by atoms with van der Waals surface area (Å²) in [6.45, 7) is 0. The number of halogens is 1. The van der Waals surface area contributed by atoms with Gasteiger partial charge >= 0.3 is 0 Å². The first-order chi connectivity index (χ1) is 15.9. The highest BCUT2D eigenvalue weighted by Crippen LogP contribution is 2.39. The first kappa shape index (κ1) is 23.9. The van der Waals surface area contributed by atoms with E-state index in [0.717, 1.165) is 0 Å². The predicted molar refractivity (Wildman–Crippen MR) is 125 cm³/mol. The SMILES string of the molecule is COc1cc(NC(=O)CSCc2nc(N)nc(Nc3ccc(F)cc3)n2)cc(OC)c1OC. The Labute approximate surface area is 194 Å². The molecule has 1 heterocycles. The van der Waals surface area contributed by atoms with Crippen LogP contribution in [-0.2, 0) is 10.5 Å². The van der Waals surface area contributed by atoms with Crippen LogP contribution in [0.2, 0.25) is 0 Å². The second-order valence-electron chi connectivity index (χ2n) is 6.52. The molecule has 0 fully saturated rings. The number of carbonyl (C=O) groups is 1. The average molecular weight is 475 g/mol. The maximum absolute atomic E-state index is 13.1. The summed E-state index contributed by atoms with van der Waals surface area (Å²) < 4.78 is 28.9. The molecule has 3 aromatic rings. The van der Waals surface area contributed by atoms with Crippen molar-refractivity contribution in [2.75, 3.05) is 43.4 Å². The minimum Gasteiger partial charge on any atom is -0.493 e. The van der Waals surface area contributed by atoms with Crippen molar-refractivity contribution in [1.29, 1.82) is 0 Å². The van der Waals surface area contributed by atoms with Gasteiger partial charge in [0.1, 0.15) is 11.6 Å². The van der Waals surface area contributed by atoms with Gasteiger partial charge in [-0.1, -0.05) is 0 Å². The molecule has 1 aromatic heterocycles. The molecular weight excluding hydrogens is 451 g/mol. The molecule has 0 saturated carbocycles. The van der Waals surface area contributed by atoms with Gasteiger partial charge in [-0.05, 0) is 24.3 Å². The average Bonchev–Trinajstić information content (AvgIpc) is 2.79. The second kappa shape index (κ2) is 11.2. The Kier molecular flexibility index (Phi) is 8.08. The molecule has 0 saturated heterocycles. The number of hydrogen-bond donors (Lipinski definition) is 3. The molecule has 0 aliphatic carbocycles. The number of methoxy groups -OCH3 is 3. The van der Waals surface area contributed by atoms with Crippen molar-refractivity contribution in [2.24, 2.45) is 0 Å². The molecule has 174 valence electrons. The minimum absolute atomic E-state index is 0.0343. The van der Waals surface area contributed by atoms with E-state index >= 15 is 0 Å². The number of nitrogens with one attached hydrogen (secondary N) is 2. The van der Waals surface area contributed by atoms with Gasteiger partial charge in [0.2, 0.25) is 23.6 Å². The lowest BCUT2D eigenvalue weighted by Gasteiger charge is -2.14. The van der Waals surface area contributed by atoms with E-state index in [1.165, 1.54) is 45.2 Å². The van der Waals surface area contributed by atoms with Crippen LogP contribution in [0.3, 0.4) is 0 Å². The molecule has 12 heteroatoms. The van der Waals surface area contributed by atoms with E-state index in [0.29, 0.717) is 40.2 Å². The maximum Gasteiger partial charge on any atom is 0.234 e. The van der Waals surface area contributed by atoms with E-state index in [2.05, 4.69) is 25.6 Å². The summed E-state index contributed by atoms with van der Waals surface area (Å²) in [5.41, 5.74) is 6.87. The minimum atomic E-state index is -0.349. The molecule has 2 aromatic carbocycles. The van der Waals surface area contributed by atoms with Gasteiger partial charge in [-0.3, -0.25) is 4.79 Å². The van der Waals surface area contributed by atoms with Crippen LogP contribution in [0, 0.1) is 5.82 Å². The smallest absolute Gasteiger partial charge is 0.234 e. The zero-order chi connectivity index (χ0) is 23.8. The van der Waals surface area contributed by atoms with Crippen LogP contribution in [0.15, 0.2) is 36.4 Å². The summed E-state index contributed by atoms with van der Waals surface area (Å²) in [7, 11) is 4.50. The number of nitrogen functional groups attached to an aromatic ring is 1. The highest BCUT2D eigenvalue weighted by molar-refractivity contribution is 7.99. The summed E-state index contributed by atoms with van der Waals surface area (Å²) in [5.74, 6) is 1.85. The van der Waals surface area contributed by atoms with Gasteiger partial charge in [-0.25, -0.2) is 4.39 Å². The van der Waals surface area contributed by atoms with Crippen molar-refractivity contribution in [1.82, 2.24) is 15.0 Å². The lowest BCUT2D eigenvalue weighted by molar-refractivity contribution is -0.113. The largest absolute Gasteiger partial charge is 0.493 e. The number of aromatic nitrogens is 3. The van der Waals surface area contributed by atoms with Gasteiger partial charge < -0.3 is 30.6 Å². The van der Waals surface area contributed by atoms with Crippen LogP contribution < -0.4 is 30.6 Å². The molecule has 0 bridgehead atoms. The molecule has 0 spiro atoms. The normalized spacial score (nSPS) is 10.4. The fourth-order valence-electron chi connectivity index (χ4n) is 2.81. The Morgan fingerprint density at radius 2 is 1.67 bits per heavy atom. The third-order valence-corrected chi connectivity index (χ3v) is 5.14. The Hall–Kier alpha value is -3.80. The van der Waals surface area contributed by atoms with Crippen molar-refractivity contribution in [3.05, 3.63) is 48.0 Å². The molecular formula is C21H23FN6O4S.